The Hall–Kier alpha value is -1.92. The molecule has 0 unspecified atom stereocenters. The highest BCUT2D eigenvalue weighted by Gasteiger charge is 2.30. The molecule has 3 heterocycles. The molecule has 4 rings (SSSR count). The van der Waals surface area contributed by atoms with Crippen molar-refractivity contribution in [3.63, 3.8) is 0 Å². The van der Waals surface area contributed by atoms with Crippen molar-refractivity contribution in [1.29, 1.82) is 0 Å². The van der Waals surface area contributed by atoms with E-state index in [0.29, 0.717) is 17.7 Å². The number of hydrogen-bond acceptors (Lipinski definition) is 5. The summed E-state index contributed by atoms with van der Waals surface area (Å²) in [5.74, 6) is 0.663. The van der Waals surface area contributed by atoms with Gasteiger partial charge in [0.15, 0.2) is 0 Å². The van der Waals surface area contributed by atoms with Gasteiger partial charge in [-0.1, -0.05) is 23.4 Å². The predicted octanol–water partition coefficient (Wildman–Crippen LogP) is 1.76. The molecule has 1 atom stereocenters. The summed E-state index contributed by atoms with van der Waals surface area (Å²) < 4.78 is 1.89. The van der Waals surface area contributed by atoms with Crippen LogP contribution in [-0.2, 0) is 13.2 Å². The second-order valence-electron chi connectivity index (χ2n) is 7.29. The van der Waals surface area contributed by atoms with Crippen molar-refractivity contribution >= 4 is 5.69 Å². The van der Waals surface area contributed by atoms with Gasteiger partial charge < -0.3 is 10.0 Å². The van der Waals surface area contributed by atoms with Crippen LogP contribution in [0.2, 0.25) is 0 Å². The smallest absolute Gasteiger partial charge is 0.108 e. The Balaban J connectivity index is 1.26. The van der Waals surface area contributed by atoms with Gasteiger partial charge in [0, 0.05) is 31.4 Å². The molecular formula is C19H27N5O. The molecule has 2 saturated heterocycles. The van der Waals surface area contributed by atoms with E-state index < -0.39 is 0 Å². The minimum atomic E-state index is -0.0297. The van der Waals surface area contributed by atoms with Gasteiger partial charge >= 0.3 is 0 Å². The molecule has 0 radical (unpaired) electrons. The summed E-state index contributed by atoms with van der Waals surface area (Å²) in [6.45, 7) is 5.56. The van der Waals surface area contributed by atoms with Crippen molar-refractivity contribution in [3.05, 3.63) is 42.2 Å². The average molecular weight is 341 g/mol. The van der Waals surface area contributed by atoms with E-state index in [0.717, 1.165) is 19.6 Å². The average Bonchev–Trinajstić information content (AvgIpc) is 3.33. The van der Waals surface area contributed by atoms with Crippen LogP contribution < -0.4 is 4.90 Å². The maximum atomic E-state index is 9.09. The maximum Gasteiger partial charge on any atom is 0.108 e. The molecule has 2 aliphatic rings. The molecular weight excluding hydrogens is 314 g/mol. The summed E-state index contributed by atoms with van der Waals surface area (Å²) in [4.78, 5) is 5.20. The molecule has 6 heteroatoms. The summed E-state index contributed by atoms with van der Waals surface area (Å²) >= 11 is 0. The molecule has 2 aliphatic heterocycles. The zero-order chi connectivity index (χ0) is 17.1. The third kappa shape index (κ3) is 3.85. The molecule has 0 spiro atoms. The maximum absolute atomic E-state index is 9.09. The summed E-state index contributed by atoms with van der Waals surface area (Å²) in [5, 5.41) is 17.2. The van der Waals surface area contributed by atoms with Crippen molar-refractivity contribution in [2.24, 2.45) is 5.92 Å². The molecule has 25 heavy (non-hydrogen) atoms. The third-order valence-electron chi connectivity index (χ3n) is 5.64. The van der Waals surface area contributed by atoms with Gasteiger partial charge in [0.05, 0.1) is 12.8 Å². The van der Waals surface area contributed by atoms with E-state index >= 15 is 0 Å². The molecule has 2 fully saturated rings. The Labute approximate surface area is 149 Å². The van der Waals surface area contributed by atoms with Gasteiger partial charge in [-0.3, -0.25) is 9.58 Å². The van der Waals surface area contributed by atoms with E-state index in [4.69, 9.17) is 5.11 Å². The van der Waals surface area contributed by atoms with Crippen molar-refractivity contribution < 1.29 is 5.11 Å². The highest BCUT2D eigenvalue weighted by Crippen LogP contribution is 2.27. The highest BCUT2D eigenvalue weighted by molar-refractivity contribution is 5.47. The third-order valence-corrected chi connectivity index (χ3v) is 5.64. The second kappa shape index (κ2) is 7.54. The van der Waals surface area contributed by atoms with E-state index in [1.165, 1.54) is 38.0 Å². The molecule has 0 bridgehead atoms. The lowest BCUT2D eigenvalue weighted by Crippen LogP contribution is -2.43. The van der Waals surface area contributed by atoms with Gasteiger partial charge in [-0.2, -0.15) is 0 Å². The normalized spacial score (nSPS) is 22.6. The first-order valence-electron chi connectivity index (χ1n) is 9.36. The lowest BCUT2D eigenvalue weighted by atomic mass is 9.95. The van der Waals surface area contributed by atoms with E-state index in [2.05, 4.69) is 50.4 Å². The zero-order valence-corrected chi connectivity index (χ0v) is 14.7. The second-order valence-corrected chi connectivity index (χ2v) is 7.29. The first-order valence-corrected chi connectivity index (χ1v) is 9.36. The predicted molar refractivity (Wildman–Crippen MR) is 97.3 cm³/mol. The Morgan fingerprint density at radius 3 is 2.56 bits per heavy atom. The number of aliphatic hydroxyl groups excluding tert-OH is 1. The number of aliphatic hydroxyl groups is 1. The Morgan fingerprint density at radius 1 is 1.04 bits per heavy atom. The number of anilines is 1. The van der Waals surface area contributed by atoms with Crippen LogP contribution in [0.4, 0.5) is 5.69 Å². The molecule has 0 amide bonds. The van der Waals surface area contributed by atoms with Gasteiger partial charge in [-0.15, -0.1) is 5.10 Å². The molecule has 1 aromatic heterocycles. The van der Waals surface area contributed by atoms with E-state index in [1.54, 1.807) is 0 Å². The monoisotopic (exact) mass is 341 g/mol. The first-order chi connectivity index (χ1) is 12.3. The summed E-state index contributed by atoms with van der Waals surface area (Å²) in [7, 11) is 0. The first kappa shape index (κ1) is 16.5. The number of likely N-dealkylation sites (tertiary alicyclic amines) is 1. The number of rotatable bonds is 5. The SMILES string of the molecule is OCc1cn(CC2CCN([C@H]3CCN(c4ccccc4)C3)CC2)nn1. The van der Waals surface area contributed by atoms with Crippen LogP contribution in [0, 0.1) is 5.92 Å². The standard InChI is InChI=1S/C19H27N5O/c25-15-17-13-24(21-20-17)12-16-6-9-22(10-7-16)19-8-11-23(14-19)18-4-2-1-3-5-18/h1-5,13,16,19,25H,6-12,14-15H2/t19-/m0/s1. The van der Waals surface area contributed by atoms with Gasteiger partial charge in [0.1, 0.15) is 5.69 Å². The number of nitrogens with zero attached hydrogens (tertiary/aromatic N) is 5. The van der Waals surface area contributed by atoms with Crippen LogP contribution in [0.1, 0.15) is 25.0 Å². The van der Waals surface area contributed by atoms with E-state index in [1.807, 2.05) is 10.9 Å². The Kier molecular flexibility index (Phi) is 4.99. The largest absolute Gasteiger partial charge is 0.390 e. The zero-order valence-electron chi connectivity index (χ0n) is 14.7. The fourth-order valence-corrected chi connectivity index (χ4v) is 4.18. The summed E-state index contributed by atoms with van der Waals surface area (Å²) in [6, 6.07) is 11.5. The van der Waals surface area contributed by atoms with Crippen LogP contribution >= 0.6 is 0 Å². The number of hydrogen-bond donors (Lipinski definition) is 1. The van der Waals surface area contributed by atoms with Crippen molar-refractivity contribution in [1.82, 2.24) is 19.9 Å². The Morgan fingerprint density at radius 2 is 1.84 bits per heavy atom. The van der Waals surface area contributed by atoms with E-state index in [-0.39, 0.29) is 6.61 Å². The topological polar surface area (TPSA) is 57.4 Å². The van der Waals surface area contributed by atoms with Gasteiger partial charge in [0.2, 0.25) is 0 Å². The minimum absolute atomic E-state index is 0.0297. The number of para-hydroxylation sites is 1. The molecule has 134 valence electrons. The summed E-state index contributed by atoms with van der Waals surface area (Å²) in [5.41, 5.74) is 2.01. The van der Waals surface area contributed by atoms with Crippen LogP contribution in [0.5, 0.6) is 0 Å². The van der Waals surface area contributed by atoms with Crippen molar-refractivity contribution in [2.75, 3.05) is 31.1 Å². The molecule has 1 N–H and O–H groups in total. The quantitative estimate of drug-likeness (QED) is 0.898. The van der Waals surface area contributed by atoms with Crippen molar-refractivity contribution in [3.8, 4) is 0 Å². The molecule has 0 saturated carbocycles. The van der Waals surface area contributed by atoms with Crippen molar-refractivity contribution in [2.45, 2.75) is 38.5 Å². The molecule has 2 aromatic rings. The molecule has 1 aromatic carbocycles. The highest BCUT2D eigenvalue weighted by atomic mass is 16.3. The lowest BCUT2D eigenvalue weighted by Gasteiger charge is -2.36. The van der Waals surface area contributed by atoms with Crippen LogP contribution in [-0.4, -0.2) is 57.2 Å². The fraction of sp³-hybridized carbons (Fsp3) is 0.579. The number of piperidine rings is 1. The lowest BCUT2D eigenvalue weighted by molar-refractivity contribution is 0.132. The summed E-state index contributed by atoms with van der Waals surface area (Å²) in [6.07, 6.45) is 5.57. The Bertz CT molecular complexity index is 665. The van der Waals surface area contributed by atoms with Gasteiger partial charge in [-0.25, -0.2) is 0 Å². The number of aromatic nitrogens is 3. The molecule has 0 aliphatic carbocycles. The van der Waals surface area contributed by atoms with Crippen LogP contribution in [0.25, 0.3) is 0 Å². The van der Waals surface area contributed by atoms with E-state index in [9.17, 15) is 0 Å². The van der Waals surface area contributed by atoms with Crippen LogP contribution in [0.15, 0.2) is 36.5 Å². The molecule has 6 nitrogen and oxygen atoms in total. The van der Waals surface area contributed by atoms with Gasteiger partial charge in [0.25, 0.3) is 0 Å². The fourth-order valence-electron chi connectivity index (χ4n) is 4.18. The van der Waals surface area contributed by atoms with Crippen LogP contribution in [0.3, 0.4) is 0 Å². The van der Waals surface area contributed by atoms with Gasteiger partial charge in [-0.05, 0) is 50.4 Å². The number of benzene rings is 1. The minimum Gasteiger partial charge on any atom is -0.390 e.